The number of allylic oxidation sites excluding steroid dienone is 3. The SMILES string of the molecule is CC(C)(C)OC(=O)NC(CNS(C)(=O)=O)C1CC=CC=C1C(F)(F)F. The lowest BCUT2D eigenvalue weighted by molar-refractivity contribution is -0.101. The summed E-state index contributed by atoms with van der Waals surface area (Å²) in [4.78, 5) is 12.0. The predicted molar refractivity (Wildman–Crippen MR) is 87.4 cm³/mol. The first-order valence-corrected chi connectivity index (χ1v) is 9.46. The first-order valence-electron chi connectivity index (χ1n) is 7.57. The third-order valence-corrected chi connectivity index (χ3v) is 3.97. The molecule has 2 atom stereocenters. The van der Waals surface area contributed by atoms with Gasteiger partial charge in [-0.25, -0.2) is 17.9 Å². The molecule has 2 unspecified atom stereocenters. The second kappa shape index (κ2) is 7.77. The molecule has 0 aliphatic heterocycles. The second-order valence-corrected chi connectivity index (χ2v) is 8.60. The molecule has 10 heteroatoms. The van der Waals surface area contributed by atoms with Gasteiger partial charge in [-0.15, -0.1) is 0 Å². The fourth-order valence-corrected chi connectivity index (χ4v) is 2.81. The average Bonchev–Trinajstić information content (AvgIpc) is 2.39. The van der Waals surface area contributed by atoms with E-state index in [1.165, 1.54) is 12.2 Å². The van der Waals surface area contributed by atoms with Crippen LogP contribution < -0.4 is 10.0 Å². The van der Waals surface area contributed by atoms with Gasteiger partial charge in [-0.05, 0) is 27.2 Å². The summed E-state index contributed by atoms with van der Waals surface area (Å²) < 4.78 is 69.6. The number of sulfonamides is 1. The maximum Gasteiger partial charge on any atom is 0.413 e. The average molecular weight is 384 g/mol. The van der Waals surface area contributed by atoms with Crippen LogP contribution in [-0.4, -0.2) is 45.1 Å². The highest BCUT2D eigenvalue weighted by molar-refractivity contribution is 7.88. The van der Waals surface area contributed by atoms with E-state index in [-0.39, 0.29) is 13.0 Å². The Bertz CT molecular complexity index is 649. The number of ether oxygens (including phenoxy) is 1. The number of carbonyl (C=O) groups excluding carboxylic acids is 1. The lowest BCUT2D eigenvalue weighted by Gasteiger charge is -2.32. The molecule has 1 rings (SSSR count). The molecule has 0 radical (unpaired) electrons. The van der Waals surface area contributed by atoms with Gasteiger partial charge in [0.15, 0.2) is 0 Å². The molecule has 0 aromatic carbocycles. The Morgan fingerprint density at radius 2 is 1.96 bits per heavy atom. The second-order valence-electron chi connectivity index (χ2n) is 6.76. The Kier molecular flexibility index (Phi) is 6.68. The number of amides is 1. The van der Waals surface area contributed by atoms with Gasteiger partial charge in [0.1, 0.15) is 5.60 Å². The van der Waals surface area contributed by atoms with Gasteiger partial charge >= 0.3 is 12.3 Å². The van der Waals surface area contributed by atoms with Crippen molar-refractivity contribution in [2.24, 2.45) is 5.92 Å². The minimum atomic E-state index is -4.59. The van der Waals surface area contributed by atoms with Crippen molar-refractivity contribution < 1.29 is 31.1 Å². The minimum Gasteiger partial charge on any atom is -0.444 e. The fraction of sp³-hybridized carbons (Fsp3) is 0.667. The van der Waals surface area contributed by atoms with E-state index in [9.17, 15) is 26.4 Å². The summed E-state index contributed by atoms with van der Waals surface area (Å²) in [7, 11) is -3.64. The summed E-state index contributed by atoms with van der Waals surface area (Å²) in [5.74, 6) is -1.13. The van der Waals surface area contributed by atoms with Gasteiger partial charge in [-0.3, -0.25) is 0 Å². The van der Waals surface area contributed by atoms with Crippen LogP contribution >= 0.6 is 0 Å². The van der Waals surface area contributed by atoms with Crippen molar-refractivity contribution in [3.63, 3.8) is 0 Å². The van der Waals surface area contributed by atoms with Crippen molar-refractivity contribution in [3.05, 3.63) is 23.8 Å². The first-order chi connectivity index (χ1) is 11.2. The first kappa shape index (κ1) is 21.5. The van der Waals surface area contributed by atoms with Gasteiger partial charge in [-0.1, -0.05) is 18.2 Å². The van der Waals surface area contributed by atoms with Crippen molar-refractivity contribution in [1.29, 1.82) is 0 Å². The van der Waals surface area contributed by atoms with Gasteiger partial charge in [-0.2, -0.15) is 13.2 Å². The van der Waals surface area contributed by atoms with E-state index in [2.05, 4.69) is 10.0 Å². The molecule has 0 saturated heterocycles. The number of alkyl halides is 3. The Morgan fingerprint density at radius 1 is 1.36 bits per heavy atom. The van der Waals surface area contributed by atoms with Gasteiger partial charge in [0, 0.05) is 18.0 Å². The monoisotopic (exact) mass is 384 g/mol. The molecule has 6 nitrogen and oxygen atoms in total. The number of hydrogen-bond acceptors (Lipinski definition) is 4. The number of hydrogen-bond donors (Lipinski definition) is 2. The molecule has 1 aliphatic rings. The van der Waals surface area contributed by atoms with Gasteiger partial charge in [0.25, 0.3) is 0 Å². The highest BCUT2D eigenvalue weighted by Crippen LogP contribution is 2.37. The molecular formula is C15H23F3N2O4S. The standard InChI is InChI=1S/C15H23F3N2O4S/c1-14(2,3)24-13(21)20-12(9-19-25(4,22)23)10-7-5-6-8-11(10)15(16,17)18/h5-6,8,10,12,19H,7,9H2,1-4H3,(H,20,21). The summed E-state index contributed by atoms with van der Waals surface area (Å²) in [5.41, 5.74) is -1.67. The van der Waals surface area contributed by atoms with E-state index in [1.54, 1.807) is 20.8 Å². The Labute approximate surface area is 145 Å². The van der Waals surface area contributed by atoms with Crippen LogP contribution in [0.15, 0.2) is 23.8 Å². The molecule has 25 heavy (non-hydrogen) atoms. The van der Waals surface area contributed by atoms with Crippen LogP contribution in [0.5, 0.6) is 0 Å². The maximum atomic E-state index is 13.2. The number of alkyl carbamates (subject to hydrolysis) is 1. The van der Waals surface area contributed by atoms with E-state index in [1.807, 2.05) is 0 Å². The summed E-state index contributed by atoms with van der Waals surface area (Å²) in [6.07, 6.45) is -0.857. The summed E-state index contributed by atoms with van der Waals surface area (Å²) in [6, 6.07) is -1.12. The number of nitrogens with one attached hydrogen (secondary N) is 2. The Balaban J connectivity index is 3.03. The molecule has 0 aromatic rings. The van der Waals surface area contributed by atoms with Crippen molar-refractivity contribution in [1.82, 2.24) is 10.0 Å². The third kappa shape index (κ3) is 7.91. The smallest absolute Gasteiger partial charge is 0.413 e. The molecule has 1 aliphatic carbocycles. The lowest BCUT2D eigenvalue weighted by Crippen LogP contribution is -2.50. The highest BCUT2D eigenvalue weighted by atomic mass is 32.2. The van der Waals surface area contributed by atoms with Crippen molar-refractivity contribution >= 4 is 16.1 Å². The Hall–Kier alpha value is -1.55. The van der Waals surface area contributed by atoms with Gasteiger partial charge in [0.05, 0.1) is 12.3 Å². The molecular weight excluding hydrogens is 361 g/mol. The van der Waals surface area contributed by atoms with Crippen molar-refractivity contribution in [2.75, 3.05) is 12.8 Å². The van der Waals surface area contributed by atoms with E-state index >= 15 is 0 Å². The predicted octanol–water partition coefficient (Wildman–Crippen LogP) is 2.49. The van der Waals surface area contributed by atoms with Gasteiger partial charge < -0.3 is 10.1 Å². The van der Waals surface area contributed by atoms with Crippen LogP contribution in [0.25, 0.3) is 0 Å². The molecule has 0 saturated carbocycles. The topological polar surface area (TPSA) is 84.5 Å². The van der Waals surface area contributed by atoms with Crippen LogP contribution in [0.2, 0.25) is 0 Å². The molecule has 0 spiro atoms. The number of halogens is 3. The van der Waals surface area contributed by atoms with Crippen LogP contribution in [0.4, 0.5) is 18.0 Å². The number of rotatable bonds is 5. The zero-order chi connectivity index (χ0) is 19.5. The normalized spacial score (nSPS) is 20.0. The quantitative estimate of drug-likeness (QED) is 0.763. The maximum absolute atomic E-state index is 13.2. The van der Waals surface area contributed by atoms with Crippen LogP contribution in [0.3, 0.4) is 0 Å². The largest absolute Gasteiger partial charge is 0.444 e. The van der Waals surface area contributed by atoms with Crippen LogP contribution in [0, 0.1) is 5.92 Å². The van der Waals surface area contributed by atoms with E-state index in [0.29, 0.717) is 0 Å². The molecule has 0 heterocycles. The van der Waals surface area contributed by atoms with Crippen molar-refractivity contribution in [2.45, 2.75) is 45.0 Å². The third-order valence-electron chi connectivity index (χ3n) is 3.28. The fourth-order valence-electron chi connectivity index (χ4n) is 2.33. The number of carbonyl (C=O) groups is 1. The highest BCUT2D eigenvalue weighted by Gasteiger charge is 2.42. The Morgan fingerprint density at radius 3 is 2.44 bits per heavy atom. The van der Waals surface area contributed by atoms with Crippen molar-refractivity contribution in [3.8, 4) is 0 Å². The van der Waals surface area contributed by atoms with Gasteiger partial charge in [0.2, 0.25) is 10.0 Å². The minimum absolute atomic E-state index is 0.0112. The molecule has 0 aromatic heterocycles. The zero-order valence-electron chi connectivity index (χ0n) is 14.5. The molecule has 144 valence electrons. The lowest BCUT2D eigenvalue weighted by atomic mass is 9.84. The van der Waals surface area contributed by atoms with Crippen LogP contribution in [-0.2, 0) is 14.8 Å². The summed E-state index contributed by atoms with van der Waals surface area (Å²) in [6.45, 7) is 4.45. The molecule has 0 bridgehead atoms. The van der Waals surface area contributed by atoms with E-state index in [0.717, 1.165) is 12.3 Å². The molecule has 0 fully saturated rings. The summed E-state index contributed by atoms with van der Waals surface area (Å²) >= 11 is 0. The zero-order valence-corrected chi connectivity index (χ0v) is 15.3. The van der Waals surface area contributed by atoms with E-state index < -0.39 is 45.4 Å². The molecule has 1 amide bonds. The van der Waals surface area contributed by atoms with Crippen LogP contribution in [0.1, 0.15) is 27.2 Å². The summed E-state index contributed by atoms with van der Waals surface area (Å²) in [5, 5.41) is 2.36. The van der Waals surface area contributed by atoms with E-state index in [4.69, 9.17) is 4.74 Å². The molecule has 2 N–H and O–H groups in total.